The van der Waals surface area contributed by atoms with E-state index in [1.54, 1.807) is 13.0 Å². The molecule has 0 aliphatic carbocycles. The van der Waals surface area contributed by atoms with Crippen molar-refractivity contribution >= 4 is 28.9 Å². The average Bonchev–Trinajstić information content (AvgIpc) is 2.25. The molecule has 0 atom stereocenters. The molecule has 0 aliphatic rings. The van der Waals surface area contributed by atoms with Crippen LogP contribution in [0.25, 0.3) is 0 Å². The fraction of sp³-hybridized carbons (Fsp3) is 0.471. The maximum Gasteiger partial charge on any atom is 0.0671 e. The number of halogens is 2. The van der Waals surface area contributed by atoms with Crippen LogP contribution in [-0.2, 0) is 0 Å². The minimum Gasteiger partial charge on any atom is -0.253 e. The minimum atomic E-state index is 0.133. The van der Waals surface area contributed by atoms with Gasteiger partial charge in [-0.2, -0.15) is 0 Å². The van der Waals surface area contributed by atoms with E-state index in [9.17, 15) is 0 Å². The Hall–Kier alpha value is -0.790. The average molecular weight is 314 g/mol. The molecule has 112 valence electrons. The highest BCUT2D eigenvalue weighted by Crippen LogP contribution is 2.25. The molecule has 0 saturated heterocycles. The van der Waals surface area contributed by atoms with E-state index in [0.717, 1.165) is 17.0 Å². The van der Waals surface area contributed by atoms with Gasteiger partial charge in [-0.1, -0.05) is 56.1 Å². The van der Waals surface area contributed by atoms with E-state index in [2.05, 4.69) is 45.3 Å². The molecule has 0 spiro atoms. The lowest BCUT2D eigenvalue weighted by atomic mass is 9.87. The summed E-state index contributed by atoms with van der Waals surface area (Å²) in [6.07, 6.45) is 3.83. The van der Waals surface area contributed by atoms with E-state index < -0.39 is 0 Å². The van der Waals surface area contributed by atoms with Crippen LogP contribution in [0.4, 0.5) is 0 Å². The van der Waals surface area contributed by atoms with Gasteiger partial charge in [-0.05, 0) is 50.8 Å². The lowest BCUT2D eigenvalue weighted by Gasteiger charge is -2.19. The molecule has 0 aromatic rings. The number of aliphatic imine (C=N–C) groups is 1. The lowest BCUT2D eigenvalue weighted by Crippen LogP contribution is -2.08. The van der Waals surface area contributed by atoms with E-state index in [-0.39, 0.29) is 5.41 Å². The molecule has 0 fully saturated rings. The predicted molar refractivity (Wildman–Crippen MR) is 93.6 cm³/mol. The maximum atomic E-state index is 6.06. The summed E-state index contributed by atoms with van der Waals surface area (Å²) >= 11 is 11.9. The van der Waals surface area contributed by atoms with Gasteiger partial charge in [0.15, 0.2) is 0 Å². The van der Waals surface area contributed by atoms with Crippen LogP contribution in [0.2, 0.25) is 0 Å². The van der Waals surface area contributed by atoms with Crippen LogP contribution in [-0.4, -0.2) is 5.71 Å². The first-order valence-corrected chi connectivity index (χ1v) is 7.34. The summed E-state index contributed by atoms with van der Waals surface area (Å²) in [5.41, 5.74) is 3.92. The molecule has 0 N–H and O–H groups in total. The summed E-state index contributed by atoms with van der Waals surface area (Å²) in [6.45, 7) is 18.2. The Bertz CT molecular complexity index is 494. The van der Waals surface area contributed by atoms with Crippen LogP contribution < -0.4 is 0 Å². The largest absolute Gasteiger partial charge is 0.253 e. The molecule has 0 amide bonds. The molecule has 0 heterocycles. The number of hydrogen-bond acceptors (Lipinski definition) is 1. The van der Waals surface area contributed by atoms with E-state index in [1.807, 2.05) is 13.8 Å². The van der Waals surface area contributed by atoms with Crippen molar-refractivity contribution in [3.8, 4) is 0 Å². The fourth-order valence-electron chi connectivity index (χ4n) is 1.22. The van der Waals surface area contributed by atoms with Gasteiger partial charge in [-0.3, -0.25) is 4.99 Å². The smallest absolute Gasteiger partial charge is 0.0671 e. The van der Waals surface area contributed by atoms with Crippen molar-refractivity contribution in [3.63, 3.8) is 0 Å². The van der Waals surface area contributed by atoms with Gasteiger partial charge in [0.2, 0.25) is 0 Å². The van der Waals surface area contributed by atoms with Crippen molar-refractivity contribution < 1.29 is 0 Å². The molecular weight excluding hydrogens is 289 g/mol. The molecule has 0 aromatic heterocycles. The third-order valence-corrected chi connectivity index (χ3v) is 3.63. The SMILES string of the molecule is C=C(C)C(=C\C(Cl)=C(/C)Cl)/N=C(C)/C=C(/C)C(C)(C)C. The van der Waals surface area contributed by atoms with Crippen molar-refractivity contribution in [2.45, 2.75) is 48.5 Å². The molecule has 0 saturated carbocycles. The van der Waals surface area contributed by atoms with Gasteiger partial charge in [0.05, 0.1) is 10.7 Å². The van der Waals surface area contributed by atoms with Crippen LogP contribution in [0, 0.1) is 5.41 Å². The topological polar surface area (TPSA) is 12.4 Å². The van der Waals surface area contributed by atoms with Crippen molar-refractivity contribution in [1.82, 2.24) is 0 Å². The van der Waals surface area contributed by atoms with Gasteiger partial charge in [0.1, 0.15) is 0 Å². The van der Waals surface area contributed by atoms with Gasteiger partial charge < -0.3 is 0 Å². The second-order valence-corrected chi connectivity index (χ2v) is 7.00. The molecule has 3 heteroatoms. The number of allylic oxidation sites excluding steroid dienone is 6. The van der Waals surface area contributed by atoms with Crippen LogP contribution in [0.15, 0.2) is 50.6 Å². The Morgan fingerprint density at radius 1 is 1.00 bits per heavy atom. The predicted octanol–water partition coefficient (Wildman–Crippen LogP) is 6.61. The molecule has 0 radical (unpaired) electrons. The Balaban J connectivity index is 5.55. The molecule has 0 aromatic carbocycles. The lowest BCUT2D eigenvalue weighted by molar-refractivity contribution is 0.504. The molecule has 0 bridgehead atoms. The molecule has 0 unspecified atom stereocenters. The number of hydrogen-bond donors (Lipinski definition) is 0. The fourth-order valence-corrected chi connectivity index (χ4v) is 1.38. The number of rotatable bonds is 4. The van der Waals surface area contributed by atoms with E-state index in [4.69, 9.17) is 23.2 Å². The molecular formula is C17H25Cl2N. The first-order chi connectivity index (χ1) is 8.95. The Labute approximate surface area is 133 Å². The highest BCUT2D eigenvalue weighted by atomic mass is 35.5. The monoisotopic (exact) mass is 313 g/mol. The van der Waals surface area contributed by atoms with Crippen molar-refractivity contribution in [2.24, 2.45) is 10.4 Å². The summed E-state index contributed by atoms with van der Waals surface area (Å²) in [5, 5.41) is 1.03. The van der Waals surface area contributed by atoms with Crippen LogP contribution in [0.1, 0.15) is 48.5 Å². The highest BCUT2D eigenvalue weighted by molar-refractivity contribution is 6.40. The normalized spacial score (nSPS) is 16.1. The molecule has 0 aliphatic heterocycles. The molecule has 1 nitrogen and oxygen atoms in total. The summed E-state index contributed by atoms with van der Waals surface area (Å²) < 4.78 is 0. The number of nitrogens with zero attached hydrogens (tertiary/aromatic N) is 1. The van der Waals surface area contributed by atoms with Gasteiger partial charge >= 0.3 is 0 Å². The second kappa shape index (κ2) is 7.85. The summed E-state index contributed by atoms with van der Waals surface area (Å²) in [6, 6.07) is 0. The Kier molecular flexibility index (Phi) is 7.54. The summed E-state index contributed by atoms with van der Waals surface area (Å²) in [5.74, 6) is 0. The van der Waals surface area contributed by atoms with Gasteiger partial charge in [-0.15, -0.1) is 0 Å². The summed E-state index contributed by atoms with van der Waals surface area (Å²) in [4.78, 5) is 4.58. The van der Waals surface area contributed by atoms with Crippen molar-refractivity contribution in [3.05, 3.63) is 45.6 Å². The second-order valence-electron chi connectivity index (χ2n) is 6.02. The van der Waals surface area contributed by atoms with Gasteiger partial charge in [-0.25, -0.2) is 0 Å². The quantitative estimate of drug-likeness (QED) is 0.409. The third-order valence-electron chi connectivity index (χ3n) is 2.94. The summed E-state index contributed by atoms with van der Waals surface area (Å²) in [7, 11) is 0. The Morgan fingerprint density at radius 3 is 1.85 bits per heavy atom. The molecule has 0 rings (SSSR count). The van der Waals surface area contributed by atoms with Crippen LogP contribution in [0.3, 0.4) is 0 Å². The standard InChI is InChI=1S/C17H25Cl2N/c1-11(2)16(10-15(19)14(5)18)20-13(4)9-12(3)17(6,7)8/h9-10H,1H2,2-8H3/b12-9-,15-14-,16-10+,20-13+. The van der Waals surface area contributed by atoms with Gasteiger partial charge in [0.25, 0.3) is 0 Å². The minimum absolute atomic E-state index is 0.133. The maximum absolute atomic E-state index is 6.06. The Morgan fingerprint density at radius 2 is 1.50 bits per heavy atom. The van der Waals surface area contributed by atoms with Crippen LogP contribution in [0.5, 0.6) is 0 Å². The van der Waals surface area contributed by atoms with Gasteiger partial charge in [0, 0.05) is 10.7 Å². The first kappa shape index (κ1) is 19.2. The van der Waals surface area contributed by atoms with E-state index in [0.29, 0.717) is 10.1 Å². The third kappa shape index (κ3) is 7.12. The van der Waals surface area contributed by atoms with Crippen molar-refractivity contribution in [2.75, 3.05) is 0 Å². The van der Waals surface area contributed by atoms with Crippen LogP contribution >= 0.6 is 23.2 Å². The van der Waals surface area contributed by atoms with Crippen molar-refractivity contribution in [1.29, 1.82) is 0 Å². The highest BCUT2D eigenvalue weighted by Gasteiger charge is 2.12. The first-order valence-electron chi connectivity index (χ1n) is 6.58. The zero-order chi connectivity index (χ0) is 16.1. The van der Waals surface area contributed by atoms with E-state index in [1.165, 1.54) is 5.57 Å². The zero-order valence-electron chi connectivity index (χ0n) is 13.6. The molecule has 20 heavy (non-hydrogen) atoms. The van der Waals surface area contributed by atoms with E-state index >= 15 is 0 Å². The zero-order valence-corrected chi connectivity index (χ0v) is 15.1.